The van der Waals surface area contributed by atoms with Crippen LogP contribution in [0.2, 0.25) is 0 Å². The van der Waals surface area contributed by atoms with Gasteiger partial charge in [-0.2, -0.15) is 0 Å². The quantitative estimate of drug-likeness (QED) is 0.718. The third kappa shape index (κ3) is 4.48. The van der Waals surface area contributed by atoms with Crippen LogP contribution in [0.3, 0.4) is 0 Å². The van der Waals surface area contributed by atoms with Gasteiger partial charge in [0.2, 0.25) is 5.91 Å². The van der Waals surface area contributed by atoms with Crippen LogP contribution in [0.5, 0.6) is 0 Å². The molecule has 17 heavy (non-hydrogen) atoms. The molecule has 1 heterocycles. The van der Waals surface area contributed by atoms with Gasteiger partial charge in [0.25, 0.3) is 0 Å². The average molecular weight is 238 g/mol. The molecular formula is C13H22N2O2. The summed E-state index contributed by atoms with van der Waals surface area (Å²) in [6.45, 7) is 3.12. The van der Waals surface area contributed by atoms with Crippen LogP contribution in [0.25, 0.3) is 0 Å². The SMILES string of the molecule is O=C(CC1=CCCCC1)NCC1CNCCO1. The zero-order valence-electron chi connectivity index (χ0n) is 10.3. The lowest BCUT2D eigenvalue weighted by molar-refractivity contribution is -0.121. The molecule has 4 nitrogen and oxygen atoms in total. The Balaban J connectivity index is 1.64. The number of allylic oxidation sites excluding steroid dienone is 1. The maximum absolute atomic E-state index is 11.7. The molecule has 1 atom stereocenters. The van der Waals surface area contributed by atoms with Crippen LogP contribution in [0.4, 0.5) is 0 Å². The summed E-state index contributed by atoms with van der Waals surface area (Å²) in [5.41, 5.74) is 1.30. The highest BCUT2D eigenvalue weighted by Gasteiger charge is 2.15. The summed E-state index contributed by atoms with van der Waals surface area (Å²) in [4.78, 5) is 11.7. The monoisotopic (exact) mass is 238 g/mol. The smallest absolute Gasteiger partial charge is 0.224 e. The fourth-order valence-electron chi connectivity index (χ4n) is 2.31. The van der Waals surface area contributed by atoms with Gasteiger partial charge in [0.05, 0.1) is 12.7 Å². The first-order valence-corrected chi connectivity index (χ1v) is 6.61. The molecule has 4 heteroatoms. The van der Waals surface area contributed by atoms with Crippen LogP contribution in [-0.2, 0) is 9.53 Å². The lowest BCUT2D eigenvalue weighted by Gasteiger charge is -2.24. The maximum Gasteiger partial charge on any atom is 0.224 e. The highest BCUT2D eigenvalue weighted by atomic mass is 16.5. The van der Waals surface area contributed by atoms with Crippen LogP contribution in [0, 0.1) is 0 Å². The Bertz CT molecular complexity index is 283. The van der Waals surface area contributed by atoms with Gasteiger partial charge in [0, 0.05) is 26.1 Å². The molecule has 2 N–H and O–H groups in total. The van der Waals surface area contributed by atoms with Crippen LogP contribution in [0.1, 0.15) is 32.1 Å². The van der Waals surface area contributed by atoms with Crippen LogP contribution < -0.4 is 10.6 Å². The third-order valence-electron chi connectivity index (χ3n) is 3.30. The van der Waals surface area contributed by atoms with Gasteiger partial charge in [0.15, 0.2) is 0 Å². The molecule has 1 saturated heterocycles. The molecule has 2 rings (SSSR count). The summed E-state index contributed by atoms with van der Waals surface area (Å²) in [6, 6.07) is 0. The summed E-state index contributed by atoms with van der Waals surface area (Å²) >= 11 is 0. The lowest BCUT2D eigenvalue weighted by Crippen LogP contribution is -2.45. The number of amides is 1. The molecule has 0 bridgehead atoms. The Morgan fingerprint density at radius 1 is 1.53 bits per heavy atom. The van der Waals surface area contributed by atoms with Crippen molar-refractivity contribution in [3.63, 3.8) is 0 Å². The highest BCUT2D eigenvalue weighted by molar-refractivity contribution is 5.78. The van der Waals surface area contributed by atoms with Crippen molar-refractivity contribution in [1.82, 2.24) is 10.6 Å². The van der Waals surface area contributed by atoms with E-state index in [1.165, 1.54) is 18.4 Å². The summed E-state index contributed by atoms with van der Waals surface area (Å²) in [5.74, 6) is 0.132. The van der Waals surface area contributed by atoms with E-state index in [0.717, 1.165) is 32.5 Å². The van der Waals surface area contributed by atoms with E-state index >= 15 is 0 Å². The van der Waals surface area contributed by atoms with E-state index in [1.54, 1.807) is 0 Å². The Labute approximate surface area is 103 Å². The molecular weight excluding hydrogens is 216 g/mol. The molecule has 1 fully saturated rings. The van der Waals surface area contributed by atoms with Crippen molar-refractivity contribution in [2.75, 3.05) is 26.2 Å². The number of hydrogen-bond donors (Lipinski definition) is 2. The third-order valence-corrected chi connectivity index (χ3v) is 3.30. The predicted octanol–water partition coefficient (Wildman–Crippen LogP) is 0.981. The van der Waals surface area contributed by atoms with Crippen molar-refractivity contribution < 1.29 is 9.53 Å². The number of carbonyl (C=O) groups is 1. The van der Waals surface area contributed by atoms with Crippen molar-refractivity contribution in [1.29, 1.82) is 0 Å². The minimum atomic E-state index is 0.132. The number of carbonyl (C=O) groups excluding carboxylic acids is 1. The zero-order valence-corrected chi connectivity index (χ0v) is 10.3. The van der Waals surface area contributed by atoms with E-state index in [-0.39, 0.29) is 12.0 Å². The van der Waals surface area contributed by atoms with Crippen LogP contribution >= 0.6 is 0 Å². The van der Waals surface area contributed by atoms with Gasteiger partial charge >= 0.3 is 0 Å². The molecule has 0 saturated carbocycles. The second-order valence-corrected chi connectivity index (χ2v) is 4.79. The van der Waals surface area contributed by atoms with Gasteiger partial charge < -0.3 is 15.4 Å². The summed E-state index contributed by atoms with van der Waals surface area (Å²) in [5, 5.41) is 6.21. The molecule has 1 aliphatic carbocycles. The number of ether oxygens (including phenoxy) is 1. The maximum atomic E-state index is 11.7. The second kappa shape index (κ2) is 6.77. The second-order valence-electron chi connectivity index (χ2n) is 4.79. The van der Waals surface area contributed by atoms with Gasteiger partial charge in [-0.05, 0) is 25.7 Å². The van der Waals surface area contributed by atoms with Gasteiger partial charge in [0.1, 0.15) is 0 Å². The number of morpholine rings is 1. The van der Waals surface area contributed by atoms with E-state index < -0.39 is 0 Å². The molecule has 1 amide bonds. The molecule has 0 radical (unpaired) electrons. The molecule has 1 unspecified atom stereocenters. The average Bonchev–Trinajstić information content (AvgIpc) is 2.39. The molecule has 0 spiro atoms. The minimum Gasteiger partial charge on any atom is -0.374 e. The van der Waals surface area contributed by atoms with E-state index in [9.17, 15) is 4.79 Å². The first kappa shape index (κ1) is 12.6. The summed E-state index contributed by atoms with van der Waals surface area (Å²) in [6.07, 6.45) is 7.66. The normalized spacial score (nSPS) is 25.2. The molecule has 0 aromatic rings. The number of hydrogen-bond acceptors (Lipinski definition) is 3. The summed E-state index contributed by atoms with van der Waals surface area (Å²) < 4.78 is 5.53. The molecule has 1 aliphatic heterocycles. The van der Waals surface area contributed by atoms with Gasteiger partial charge in [-0.15, -0.1) is 0 Å². The minimum absolute atomic E-state index is 0.132. The van der Waals surface area contributed by atoms with Crippen molar-refractivity contribution >= 4 is 5.91 Å². The van der Waals surface area contributed by atoms with E-state index in [2.05, 4.69) is 16.7 Å². The number of rotatable bonds is 4. The standard InChI is InChI=1S/C13H22N2O2/c16-13(8-11-4-2-1-3-5-11)15-10-12-9-14-6-7-17-12/h4,12,14H,1-3,5-10H2,(H,15,16). The topological polar surface area (TPSA) is 50.4 Å². The Morgan fingerprint density at radius 2 is 2.47 bits per heavy atom. The van der Waals surface area contributed by atoms with E-state index in [1.807, 2.05) is 0 Å². The van der Waals surface area contributed by atoms with E-state index in [4.69, 9.17) is 4.74 Å². The molecule has 0 aromatic carbocycles. The van der Waals surface area contributed by atoms with Crippen LogP contribution in [-0.4, -0.2) is 38.3 Å². The Morgan fingerprint density at radius 3 is 3.18 bits per heavy atom. The Hall–Kier alpha value is -0.870. The molecule has 0 aromatic heterocycles. The van der Waals surface area contributed by atoms with Gasteiger partial charge in [-0.25, -0.2) is 0 Å². The Kier molecular flexibility index (Phi) is 5.01. The predicted molar refractivity (Wildman–Crippen MR) is 66.8 cm³/mol. The van der Waals surface area contributed by atoms with Gasteiger partial charge in [-0.3, -0.25) is 4.79 Å². The van der Waals surface area contributed by atoms with E-state index in [0.29, 0.717) is 13.0 Å². The van der Waals surface area contributed by atoms with Crippen molar-refractivity contribution in [3.8, 4) is 0 Å². The lowest BCUT2D eigenvalue weighted by atomic mass is 9.97. The molecule has 2 aliphatic rings. The van der Waals surface area contributed by atoms with Crippen LogP contribution in [0.15, 0.2) is 11.6 Å². The first-order valence-electron chi connectivity index (χ1n) is 6.61. The molecule has 96 valence electrons. The van der Waals surface area contributed by atoms with Crippen molar-refractivity contribution in [2.24, 2.45) is 0 Å². The van der Waals surface area contributed by atoms with Gasteiger partial charge in [-0.1, -0.05) is 11.6 Å². The fourth-order valence-corrected chi connectivity index (χ4v) is 2.31. The first-order chi connectivity index (χ1) is 8.34. The zero-order chi connectivity index (χ0) is 11.9. The number of nitrogens with one attached hydrogen (secondary N) is 2. The highest BCUT2D eigenvalue weighted by Crippen LogP contribution is 2.19. The van der Waals surface area contributed by atoms with Crippen molar-refractivity contribution in [2.45, 2.75) is 38.2 Å². The van der Waals surface area contributed by atoms with Crippen molar-refractivity contribution in [3.05, 3.63) is 11.6 Å². The largest absolute Gasteiger partial charge is 0.374 e. The fraction of sp³-hybridized carbons (Fsp3) is 0.769. The summed E-state index contributed by atoms with van der Waals surface area (Å²) in [7, 11) is 0.